The Morgan fingerprint density at radius 2 is 2.11 bits per heavy atom. The Balaban J connectivity index is 3.39. The zero-order chi connectivity index (χ0) is 14.6. The molecule has 0 radical (unpaired) electrons. The van der Waals surface area contributed by atoms with Gasteiger partial charge in [0.25, 0.3) is 11.2 Å². The van der Waals surface area contributed by atoms with Crippen molar-refractivity contribution in [3.05, 3.63) is 38.3 Å². The fourth-order valence-electron chi connectivity index (χ4n) is 1.91. The van der Waals surface area contributed by atoms with Crippen LogP contribution in [0.4, 0.5) is 5.69 Å². The van der Waals surface area contributed by atoms with Gasteiger partial charge in [0.2, 0.25) is 0 Å². The largest absolute Gasteiger partial charge is 0.464 e. The lowest BCUT2D eigenvalue weighted by molar-refractivity contribution is -0.386. The SMILES string of the molecule is CCOC(=O)C(CC)n1c(C)c([N+](=O)[O-])ccc1=O. The second-order valence-corrected chi connectivity index (χ2v) is 3.95. The van der Waals surface area contributed by atoms with Crippen LogP contribution in [0, 0.1) is 17.0 Å². The Morgan fingerprint density at radius 3 is 2.58 bits per heavy atom. The molecule has 1 unspecified atom stereocenters. The Morgan fingerprint density at radius 1 is 1.47 bits per heavy atom. The number of rotatable bonds is 5. The van der Waals surface area contributed by atoms with E-state index in [4.69, 9.17) is 4.74 Å². The zero-order valence-electron chi connectivity index (χ0n) is 11.1. The van der Waals surface area contributed by atoms with Crippen LogP contribution in [0.5, 0.6) is 0 Å². The highest BCUT2D eigenvalue weighted by Gasteiger charge is 2.25. The minimum Gasteiger partial charge on any atom is -0.464 e. The van der Waals surface area contributed by atoms with Gasteiger partial charge in [-0.05, 0) is 20.3 Å². The summed E-state index contributed by atoms with van der Waals surface area (Å²) in [6, 6.07) is 1.39. The van der Waals surface area contributed by atoms with E-state index in [1.54, 1.807) is 13.8 Å². The van der Waals surface area contributed by atoms with Gasteiger partial charge in [-0.2, -0.15) is 0 Å². The maximum Gasteiger partial charge on any atom is 0.329 e. The highest BCUT2D eigenvalue weighted by molar-refractivity contribution is 5.74. The van der Waals surface area contributed by atoms with Gasteiger partial charge in [-0.1, -0.05) is 6.92 Å². The maximum absolute atomic E-state index is 11.9. The molecule has 0 aliphatic carbocycles. The average Bonchev–Trinajstić information content (AvgIpc) is 2.33. The Hall–Kier alpha value is -2.18. The van der Waals surface area contributed by atoms with Gasteiger partial charge < -0.3 is 4.74 Å². The van der Waals surface area contributed by atoms with Crippen LogP contribution < -0.4 is 5.56 Å². The van der Waals surface area contributed by atoms with E-state index in [-0.39, 0.29) is 18.0 Å². The molecule has 1 atom stereocenters. The number of nitro groups is 1. The van der Waals surface area contributed by atoms with Crippen molar-refractivity contribution in [2.45, 2.75) is 33.2 Å². The van der Waals surface area contributed by atoms with E-state index in [9.17, 15) is 19.7 Å². The van der Waals surface area contributed by atoms with E-state index in [0.717, 1.165) is 16.7 Å². The Kier molecular flexibility index (Phi) is 4.80. The van der Waals surface area contributed by atoms with Crippen molar-refractivity contribution in [1.82, 2.24) is 4.57 Å². The maximum atomic E-state index is 11.9. The van der Waals surface area contributed by atoms with Crippen molar-refractivity contribution in [3.63, 3.8) is 0 Å². The summed E-state index contributed by atoms with van der Waals surface area (Å²) in [5, 5.41) is 10.9. The molecule has 1 aromatic heterocycles. The van der Waals surface area contributed by atoms with E-state index in [1.807, 2.05) is 0 Å². The molecule has 0 N–H and O–H groups in total. The highest BCUT2D eigenvalue weighted by Crippen LogP contribution is 2.20. The van der Waals surface area contributed by atoms with Gasteiger partial charge >= 0.3 is 5.97 Å². The number of nitrogens with zero attached hydrogens (tertiary/aromatic N) is 2. The molecular formula is C12H16N2O5. The monoisotopic (exact) mass is 268 g/mol. The molecule has 0 aromatic carbocycles. The number of pyridine rings is 1. The van der Waals surface area contributed by atoms with Crippen molar-refractivity contribution >= 4 is 11.7 Å². The molecule has 0 bridgehead atoms. The highest BCUT2D eigenvalue weighted by atomic mass is 16.6. The van der Waals surface area contributed by atoms with Crippen LogP contribution in [0.2, 0.25) is 0 Å². The van der Waals surface area contributed by atoms with Gasteiger partial charge in [-0.25, -0.2) is 4.79 Å². The molecule has 1 rings (SSSR count). The topological polar surface area (TPSA) is 91.4 Å². The number of ether oxygens (including phenoxy) is 1. The second-order valence-electron chi connectivity index (χ2n) is 3.95. The van der Waals surface area contributed by atoms with Crippen LogP contribution in [0.15, 0.2) is 16.9 Å². The number of aromatic nitrogens is 1. The molecular weight excluding hydrogens is 252 g/mol. The third kappa shape index (κ3) is 2.98. The summed E-state index contributed by atoms with van der Waals surface area (Å²) in [6.07, 6.45) is 0.320. The van der Waals surface area contributed by atoms with Crippen LogP contribution >= 0.6 is 0 Å². The summed E-state index contributed by atoms with van der Waals surface area (Å²) in [5.74, 6) is -0.560. The molecule has 0 saturated heterocycles. The van der Waals surface area contributed by atoms with Crippen LogP contribution in [0.3, 0.4) is 0 Å². The quantitative estimate of drug-likeness (QED) is 0.459. The molecule has 0 aliphatic rings. The molecule has 0 amide bonds. The van der Waals surface area contributed by atoms with E-state index in [2.05, 4.69) is 0 Å². The van der Waals surface area contributed by atoms with Crippen LogP contribution in [-0.2, 0) is 9.53 Å². The number of carbonyl (C=O) groups is 1. The van der Waals surface area contributed by atoms with Gasteiger partial charge in [-0.15, -0.1) is 0 Å². The zero-order valence-corrected chi connectivity index (χ0v) is 11.1. The predicted molar refractivity (Wildman–Crippen MR) is 68.1 cm³/mol. The van der Waals surface area contributed by atoms with Gasteiger partial charge in [0.05, 0.1) is 17.2 Å². The Bertz CT molecular complexity index is 550. The number of hydrogen-bond donors (Lipinski definition) is 0. The van der Waals surface area contributed by atoms with E-state index in [1.165, 1.54) is 6.92 Å². The number of carbonyl (C=O) groups excluding carboxylic acids is 1. The standard InChI is InChI=1S/C12H16N2O5/c1-4-9(12(16)19-5-2)13-8(3)10(14(17)18)6-7-11(13)15/h6-7,9H,4-5H2,1-3H3. The van der Waals surface area contributed by atoms with Gasteiger partial charge in [0.15, 0.2) is 0 Å². The molecule has 7 heteroatoms. The van der Waals surface area contributed by atoms with Crippen molar-refractivity contribution in [1.29, 1.82) is 0 Å². The third-order valence-electron chi connectivity index (χ3n) is 2.81. The second kappa shape index (κ2) is 6.12. The summed E-state index contributed by atoms with van der Waals surface area (Å²) >= 11 is 0. The lowest BCUT2D eigenvalue weighted by Crippen LogP contribution is -2.32. The van der Waals surface area contributed by atoms with Crippen LogP contribution in [0.1, 0.15) is 32.0 Å². The van der Waals surface area contributed by atoms with E-state index >= 15 is 0 Å². The van der Waals surface area contributed by atoms with Gasteiger partial charge in [0, 0.05) is 12.1 Å². The molecule has 0 saturated carbocycles. The first-order chi connectivity index (χ1) is 8.93. The summed E-state index contributed by atoms with van der Waals surface area (Å²) in [5.41, 5.74) is -0.497. The minimum absolute atomic E-state index is 0.150. The number of esters is 1. The molecule has 19 heavy (non-hydrogen) atoms. The summed E-state index contributed by atoms with van der Waals surface area (Å²) in [7, 11) is 0. The molecule has 0 aliphatic heterocycles. The molecule has 0 fully saturated rings. The van der Waals surface area contributed by atoms with E-state index in [0.29, 0.717) is 6.42 Å². The normalized spacial score (nSPS) is 11.9. The lowest BCUT2D eigenvalue weighted by atomic mass is 10.2. The predicted octanol–water partition coefficient (Wildman–Crippen LogP) is 1.58. The smallest absolute Gasteiger partial charge is 0.329 e. The minimum atomic E-state index is -0.840. The molecule has 1 aromatic rings. The molecule has 1 heterocycles. The molecule has 104 valence electrons. The first kappa shape index (κ1) is 14.9. The number of hydrogen-bond acceptors (Lipinski definition) is 5. The first-order valence-corrected chi connectivity index (χ1v) is 5.97. The Labute approximate surface area is 110 Å². The lowest BCUT2D eigenvalue weighted by Gasteiger charge is -2.18. The van der Waals surface area contributed by atoms with Crippen LogP contribution in [-0.4, -0.2) is 22.1 Å². The van der Waals surface area contributed by atoms with Gasteiger partial charge in [0.1, 0.15) is 6.04 Å². The molecule has 0 spiro atoms. The fourth-order valence-corrected chi connectivity index (χ4v) is 1.91. The van der Waals surface area contributed by atoms with Crippen molar-refractivity contribution < 1.29 is 14.5 Å². The summed E-state index contributed by atoms with van der Waals surface area (Å²) in [6.45, 7) is 5.01. The van der Waals surface area contributed by atoms with Crippen molar-refractivity contribution in [3.8, 4) is 0 Å². The van der Waals surface area contributed by atoms with E-state index < -0.39 is 22.5 Å². The van der Waals surface area contributed by atoms with Crippen molar-refractivity contribution in [2.75, 3.05) is 6.61 Å². The average molecular weight is 268 g/mol. The summed E-state index contributed by atoms with van der Waals surface area (Å²) < 4.78 is 6.01. The van der Waals surface area contributed by atoms with Crippen molar-refractivity contribution in [2.24, 2.45) is 0 Å². The van der Waals surface area contributed by atoms with Crippen LogP contribution in [0.25, 0.3) is 0 Å². The summed E-state index contributed by atoms with van der Waals surface area (Å²) in [4.78, 5) is 34.0. The molecule has 7 nitrogen and oxygen atoms in total. The fraction of sp³-hybridized carbons (Fsp3) is 0.500. The van der Waals surface area contributed by atoms with Gasteiger partial charge in [-0.3, -0.25) is 19.5 Å². The first-order valence-electron chi connectivity index (χ1n) is 5.97. The third-order valence-corrected chi connectivity index (χ3v) is 2.81.